The Bertz CT molecular complexity index is 521. The van der Waals surface area contributed by atoms with Gasteiger partial charge in [-0.05, 0) is 50.3 Å². The van der Waals surface area contributed by atoms with Crippen LogP contribution in [0.3, 0.4) is 0 Å². The van der Waals surface area contributed by atoms with Crippen LogP contribution in [0.25, 0.3) is 0 Å². The van der Waals surface area contributed by atoms with Crippen molar-refractivity contribution in [1.82, 2.24) is 5.32 Å². The minimum absolute atomic E-state index is 0.0117. The maximum absolute atomic E-state index is 12.9. The molecule has 1 unspecified atom stereocenters. The van der Waals surface area contributed by atoms with Crippen molar-refractivity contribution in [1.29, 1.82) is 0 Å². The van der Waals surface area contributed by atoms with Crippen LogP contribution in [-0.2, 0) is 10.2 Å². The van der Waals surface area contributed by atoms with Crippen molar-refractivity contribution in [3.05, 3.63) is 29.3 Å². The molecule has 1 aliphatic rings. The number of amides is 1. The summed E-state index contributed by atoms with van der Waals surface area (Å²) < 4.78 is 5.42. The van der Waals surface area contributed by atoms with E-state index in [9.17, 15) is 4.79 Å². The molecule has 4 heteroatoms. The van der Waals surface area contributed by atoms with E-state index in [0.717, 1.165) is 42.6 Å². The number of carbonyl (C=O) groups excluding carboxylic acids is 1. The molecule has 122 valence electrons. The average molecular weight is 305 g/mol. The quantitative estimate of drug-likeness (QED) is 0.849. The second-order valence-electron chi connectivity index (χ2n) is 6.36. The normalized spacial score (nSPS) is 18.0. The molecule has 1 aliphatic carbocycles. The number of aryl methyl sites for hydroxylation is 1. The van der Waals surface area contributed by atoms with Gasteiger partial charge in [0.05, 0.1) is 12.5 Å². The molecule has 1 saturated carbocycles. The van der Waals surface area contributed by atoms with Crippen LogP contribution in [0.15, 0.2) is 18.2 Å². The monoisotopic (exact) mass is 305 g/mol. The molecule has 2 rings (SSSR count). The van der Waals surface area contributed by atoms with Crippen molar-refractivity contribution in [3.8, 4) is 5.75 Å². The van der Waals surface area contributed by atoms with Crippen molar-refractivity contribution in [2.75, 3.05) is 13.7 Å². The largest absolute Gasteiger partial charge is 0.496 e. The Morgan fingerprint density at radius 2 is 2.09 bits per heavy atom. The summed E-state index contributed by atoms with van der Waals surface area (Å²) in [5.41, 5.74) is 1.67. The Morgan fingerprint density at radius 1 is 1.41 bits per heavy atom. The van der Waals surface area contributed by atoms with Gasteiger partial charge < -0.3 is 15.2 Å². The third kappa shape index (κ3) is 3.27. The van der Waals surface area contributed by atoms with Crippen molar-refractivity contribution < 1.29 is 14.6 Å². The van der Waals surface area contributed by atoms with Gasteiger partial charge in [-0.3, -0.25) is 4.79 Å². The third-order valence-electron chi connectivity index (χ3n) is 4.79. The second kappa shape index (κ2) is 7.14. The fourth-order valence-electron chi connectivity index (χ4n) is 3.37. The van der Waals surface area contributed by atoms with E-state index in [1.807, 2.05) is 26.0 Å². The minimum Gasteiger partial charge on any atom is -0.496 e. The van der Waals surface area contributed by atoms with Gasteiger partial charge in [0, 0.05) is 12.6 Å². The maximum atomic E-state index is 12.9. The van der Waals surface area contributed by atoms with Crippen LogP contribution < -0.4 is 10.1 Å². The van der Waals surface area contributed by atoms with Crippen LogP contribution in [0.5, 0.6) is 5.75 Å². The highest BCUT2D eigenvalue weighted by atomic mass is 16.5. The van der Waals surface area contributed by atoms with Gasteiger partial charge in [0.1, 0.15) is 5.75 Å². The molecular formula is C18H27NO3. The van der Waals surface area contributed by atoms with E-state index in [-0.39, 0.29) is 18.6 Å². The van der Waals surface area contributed by atoms with Gasteiger partial charge in [-0.25, -0.2) is 0 Å². The highest BCUT2D eigenvalue weighted by molar-refractivity contribution is 5.89. The molecule has 0 aromatic heterocycles. The zero-order valence-electron chi connectivity index (χ0n) is 13.8. The molecular weight excluding hydrogens is 278 g/mol. The van der Waals surface area contributed by atoms with Gasteiger partial charge in [-0.15, -0.1) is 0 Å². The van der Waals surface area contributed by atoms with Crippen LogP contribution in [-0.4, -0.2) is 30.8 Å². The molecule has 0 bridgehead atoms. The van der Waals surface area contributed by atoms with E-state index >= 15 is 0 Å². The van der Waals surface area contributed by atoms with Crippen molar-refractivity contribution in [3.63, 3.8) is 0 Å². The number of carbonyl (C=O) groups is 1. The lowest BCUT2D eigenvalue weighted by molar-refractivity contribution is -0.127. The SMILES string of the molecule is COc1cc(C2(C(=O)NC(C)CCO)CCCC2)ccc1C. The fourth-order valence-corrected chi connectivity index (χ4v) is 3.37. The van der Waals surface area contributed by atoms with E-state index in [2.05, 4.69) is 11.4 Å². The molecule has 1 fully saturated rings. The molecule has 0 heterocycles. The number of benzene rings is 1. The summed E-state index contributed by atoms with van der Waals surface area (Å²) in [5.74, 6) is 0.914. The summed E-state index contributed by atoms with van der Waals surface area (Å²) >= 11 is 0. The van der Waals surface area contributed by atoms with Gasteiger partial charge >= 0.3 is 0 Å². The van der Waals surface area contributed by atoms with E-state index < -0.39 is 5.41 Å². The Labute approximate surface area is 132 Å². The lowest BCUT2D eigenvalue weighted by Gasteiger charge is -2.30. The van der Waals surface area contributed by atoms with E-state index in [0.29, 0.717) is 6.42 Å². The number of hydrogen-bond donors (Lipinski definition) is 2. The predicted octanol–water partition coefficient (Wildman–Crippen LogP) is 2.70. The summed E-state index contributed by atoms with van der Waals surface area (Å²) in [7, 11) is 1.66. The standard InChI is InChI=1S/C18H27NO3/c1-13-6-7-15(12-16(13)22-3)18(9-4-5-10-18)17(21)19-14(2)8-11-20/h6-7,12,14,20H,4-5,8-11H2,1-3H3,(H,19,21). The van der Waals surface area contributed by atoms with Crippen LogP contribution in [0.4, 0.5) is 0 Å². The predicted molar refractivity (Wildman–Crippen MR) is 87.2 cm³/mol. The number of nitrogens with one attached hydrogen (secondary N) is 1. The van der Waals surface area contributed by atoms with Gasteiger partial charge in [0.2, 0.25) is 5.91 Å². The van der Waals surface area contributed by atoms with Crippen LogP contribution >= 0.6 is 0 Å². The molecule has 1 aromatic carbocycles. The minimum atomic E-state index is -0.454. The number of ether oxygens (including phenoxy) is 1. The number of rotatable bonds is 6. The summed E-state index contributed by atoms with van der Waals surface area (Å²) in [6.07, 6.45) is 4.46. The maximum Gasteiger partial charge on any atom is 0.230 e. The Kier molecular flexibility index (Phi) is 5.46. The first-order chi connectivity index (χ1) is 10.5. The molecule has 2 N–H and O–H groups in total. The number of aliphatic hydroxyl groups is 1. The number of hydrogen-bond acceptors (Lipinski definition) is 3. The van der Waals surface area contributed by atoms with Crippen LogP contribution in [0.2, 0.25) is 0 Å². The Balaban J connectivity index is 2.30. The summed E-state index contributed by atoms with van der Waals surface area (Å²) in [6, 6.07) is 6.08. The zero-order chi connectivity index (χ0) is 16.2. The molecule has 0 aliphatic heterocycles. The van der Waals surface area contributed by atoms with E-state index in [1.54, 1.807) is 7.11 Å². The van der Waals surface area contributed by atoms with Crippen molar-refractivity contribution in [2.45, 2.75) is 57.4 Å². The second-order valence-corrected chi connectivity index (χ2v) is 6.36. The molecule has 0 spiro atoms. The number of methoxy groups -OCH3 is 1. The van der Waals surface area contributed by atoms with Gasteiger partial charge in [0.15, 0.2) is 0 Å². The van der Waals surface area contributed by atoms with Crippen molar-refractivity contribution in [2.24, 2.45) is 0 Å². The average Bonchev–Trinajstić information content (AvgIpc) is 2.98. The van der Waals surface area contributed by atoms with E-state index in [4.69, 9.17) is 9.84 Å². The van der Waals surface area contributed by atoms with Crippen molar-refractivity contribution >= 4 is 5.91 Å². The van der Waals surface area contributed by atoms with Crippen LogP contribution in [0.1, 0.15) is 50.2 Å². The van der Waals surface area contributed by atoms with Gasteiger partial charge in [-0.2, -0.15) is 0 Å². The Hall–Kier alpha value is -1.55. The highest BCUT2D eigenvalue weighted by Crippen LogP contribution is 2.42. The smallest absolute Gasteiger partial charge is 0.230 e. The highest BCUT2D eigenvalue weighted by Gasteiger charge is 2.43. The first-order valence-electron chi connectivity index (χ1n) is 8.10. The van der Waals surface area contributed by atoms with Crippen LogP contribution in [0, 0.1) is 6.92 Å². The molecule has 4 nitrogen and oxygen atoms in total. The first-order valence-corrected chi connectivity index (χ1v) is 8.10. The lowest BCUT2D eigenvalue weighted by Crippen LogP contribution is -2.46. The summed E-state index contributed by atoms with van der Waals surface area (Å²) in [4.78, 5) is 12.9. The molecule has 0 radical (unpaired) electrons. The lowest BCUT2D eigenvalue weighted by atomic mass is 9.77. The summed E-state index contributed by atoms with van der Waals surface area (Å²) in [6.45, 7) is 4.03. The van der Waals surface area contributed by atoms with Gasteiger partial charge in [-0.1, -0.05) is 25.0 Å². The summed E-state index contributed by atoms with van der Waals surface area (Å²) in [5, 5.41) is 12.1. The van der Waals surface area contributed by atoms with Gasteiger partial charge in [0.25, 0.3) is 0 Å². The van der Waals surface area contributed by atoms with E-state index in [1.165, 1.54) is 0 Å². The molecule has 0 saturated heterocycles. The Morgan fingerprint density at radius 3 is 2.68 bits per heavy atom. The first kappa shape index (κ1) is 16.8. The molecule has 1 amide bonds. The zero-order valence-corrected chi connectivity index (χ0v) is 13.8. The third-order valence-corrected chi connectivity index (χ3v) is 4.79. The molecule has 1 atom stereocenters. The molecule has 1 aromatic rings. The molecule has 22 heavy (non-hydrogen) atoms. The fraction of sp³-hybridized carbons (Fsp3) is 0.611. The topological polar surface area (TPSA) is 58.6 Å². The number of aliphatic hydroxyl groups excluding tert-OH is 1.